The number of aromatic nitrogens is 1. The molecule has 0 spiro atoms. The molecule has 6 nitrogen and oxygen atoms in total. The summed E-state index contributed by atoms with van der Waals surface area (Å²) in [4.78, 5) is 14.8. The molecule has 0 saturated carbocycles. The summed E-state index contributed by atoms with van der Waals surface area (Å²) in [7, 11) is 1.69. The van der Waals surface area contributed by atoms with Crippen LogP contribution >= 0.6 is 0 Å². The molecule has 1 fully saturated rings. The van der Waals surface area contributed by atoms with E-state index >= 15 is 0 Å². The molecule has 1 saturated heterocycles. The van der Waals surface area contributed by atoms with Crippen LogP contribution in [0.25, 0.3) is 0 Å². The predicted octanol–water partition coefficient (Wildman–Crippen LogP) is 4.13. The topological polar surface area (TPSA) is 67.6 Å². The van der Waals surface area contributed by atoms with E-state index in [1.807, 2.05) is 18.2 Å². The van der Waals surface area contributed by atoms with E-state index in [1.165, 1.54) is 12.1 Å². The minimum Gasteiger partial charge on any atom is -0.496 e. The first-order valence-corrected chi connectivity index (χ1v) is 10.5. The number of methoxy groups -OCH3 is 1. The third kappa shape index (κ3) is 5.30. The third-order valence-electron chi connectivity index (χ3n) is 5.60. The second kappa shape index (κ2) is 9.75. The first kappa shape index (κ1) is 21.1. The van der Waals surface area contributed by atoms with Crippen molar-refractivity contribution in [2.45, 2.75) is 31.8 Å². The number of rotatable bonds is 7. The molecule has 1 aromatic heterocycles. The zero-order valence-electron chi connectivity index (χ0n) is 17.5. The lowest BCUT2D eigenvalue weighted by atomic mass is 9.94. The number of likely N-dealkylation sites (tertiary alicyclic amines) is 1. The summed E-state index contributed by atoms with van der Waals surface area (Å²) in [6, 6.07) is 15.9. The Bertz CT molecular complexity index is 1040. The van der Waals surface area contributed by atoms with Crippen molar-refractivity contribution in [1.82, 2.24) is 15.4 Å². The average molecular weight is 423 g/mol. The maximum atomic E-state index is 13.3. The van der Waals surface area contributed by atoms with E-state index in [-0.39, 0.29) is 29.9 Å². The molecule has 3 aromatic rings. The lowest BCUT2D eigenvalue weighted by Gasteiger charge is -2.32. The minimum atomic E-state index is -0.357. The number of halogens is 1. The van der Waals surface area contributed by atoms with Gasteiger partial charge in [-0.2, -0.15) is 0 Å². The van der Waals surface area contributed by atoms with Crippen molar-refractivity contribution in [3.8, 4) is 5.75 Å². The number of carbonyl (C=O) groups excluding carboxylic acids is 1. The Morgan fingerprint density at radius 1 is 1.26 bits per heavy atom. The fraction of sp³-hybridized carbons (Fsp3) is 0.333. The Kier molecular flexibility index (Phi) is 6.62. The molecule has 0 aliphatic carbocycles. The van der Waals surface area contributed by atoms with Crippen LogP contribution in [0.4, 0.5) is 4.39 Å². The second-order valence-electron chi connectivity index (χ2n) is 7.81. The number of carbonyl (C=O) groups is 1. The lowest BCUT2D eigenvalue weighted by Crippen LogP contribution is -2.34. The summed E-state index contributed by atoms with van der Waals surface area (Å²) in [5.41, 5.74) is 2.64. The fourth-order valence-electron chi connectivity index (χ4n) is 4.02. The molecule has 4 rings (SSSR count). The molecule has 0 unspecified atom stereocenters. The van der Waals surface area contributed by atoms with Gasteiger partial charge in [0.05, 0.1) is 12.8 Å². The summed E-state index contributed by atoms with van der Waals surface area (Å²) in [6.45, 7) is 2.88. The molecule has 7 heteroatoms. The zero-order chi connectivity index (χ0) is 21.6. The summed E-state index contributed by atoms with van der Waals surface area (Å²) in [5.74, 6) is 0.585. The van der Waals surface area contributed by atoms with Gasteiger partial charge in [-0.1, -0.05) is 35.5 Å². The number of hydrogen-bond acceptors (Lipinski definition) is 5. The monoisotopic (exact) mass is 423 g/mol. The quantitative estimate of drug-likeness (QED) is 0.619. The van der Waals surface area contributed by atoms with E-state index in [4.69, 9.17) is 9.26 Å². The molecule has 0 bridgehead atoms. The van der Waals surface area contributed by atoms with Crippen LogP contribution < -0.4 is 10.1 Å². The summed E-state index contributed by atoms with van der Waals surface area (Å²) in [6.07, 6.45) is 2.05. The number of piperidine rings is 1. The first-order valence-electron chi connectivity index (χ1n) is 10.5. The number of benzene rings is 2. The van der Waals surface area contributed by atoms with E-state index in [1.54, 1.807) is 25.3 Å². The van der Waals surface area contributed by atoms with Crippen molar-refractivity contribution in [2.75, 3.05) is 20.2 Å². The van der Waals surface area contributed by atoms with E-state index in [0.29, 0.717) is 5.56 Å². The van der Waals surface area contributed by atoms with Crippen molar-refractivity contribution >= 4 is 5.91 Å². The van der Waals surface area contributed by atoms with Gasteiger partial charge >= 0.3 is 0 Å². The van der Waals surface area contributed by atoms with Crippen LogP contribution in [0, 0.1) is 5.82 Å². The molecule has 2 heterocycles. The maximum absolute atomic E-state index is 13.3. The van der Waals surface area contributed by atoms with Crippen LogP contribution in [0.1, 0.15) is 46.1 Å². The molecule has 2 aromatic carbocycles. The van der Waals surface area contributed by atoms with Gasteiger partial charge in [-0.3, -0.25) is 9.69 Å². The van der Waals surface area contributed by atoms with Crippen molar-refractivity contribution < 1.29 is 18.4 Å². The highest BCUT2D eigenvalue weighted by molar-refractivity contribution is 5.91. The molecule has 1 aliphatic rings. The first-order chi connectivity index (χ1) is 15.1. The summed E-state index contributed by atoms with van der Waals surface area (Å²) in [5, 5.41) is 6.91. The van der Waals surface area contributed by atoms with Gasteiger partial charge in [0.2, 0.25) is 5.76 Å². The molecular formula is C24H26FN3O3. The van der Waals surface area contributed by atoms with Crippen molar-refractivity contribution in [3.63, 3.8) is 0 Å². The van der Waals surface area contributed by atoms with Gasteiger partial charge < -0.3 is 14.6 Å². The molecular weight excluding hydrogens is 397 g/mol. The van der Waals surface area contributed by atoms with Crippen LogP contribution in [0.2, 0.25) is 0 Å². The highest BCUT2D eigenvalue weighted by atomic mass is 19.1. The molecule has 0 radical (unpaired) electrons. The highest BCUT2D eigenvalue weighted by Gasteiger charge is 2.26. The van der Waals surface area contributed by atoms with Crippen LogP contribution in [-0.2, 0) is 13.1 Å². The predicted molar refractivity (Wildman–Crippen MR) is 114 cm³/mol. The van der Waals surface area contributed by atoms with Crippen LogP contribution in [-0.4, -0.2) is 36.2 Å². The normalized spacial score (nSPS) is 16.8. The van der Waals surface area contributed by atoms with Crippen LogP contribution in [0.15, 0.2) is 59.1 Å². The number of nitrogens with zero attached hydrogens (tertiary/aromatic N) is 2. The SMILES string of the molecule is COc1ccccc1CN1CCC[C@@H](c2cc(C(=O)NCc3cccc(F)c3)on2)C1. The highest BCUT2D eigenvalue weighted by Crippen LogP contribution is 2.29. The smallest absolute Gasteiger partial charge is 0.290 e. The van der Waals surface area contributed by atoms with Gasteiger partial charge in [-0.25, -0.2) is 4.39 Å². The molecule has 162 valence electrons. The Morgan fingerprint density at radius 3 is 2.97 bits per heavy atom. The van der Waals surface area contributed by atoms with Crippen molar-refractivity contribution in [3.05, 3.63) is 83.0 Å². The maximum Gasteiger partial charge on any atom is 0.290 e. The number of hydrogen-bond donors (Lipinski definition) is 1. The van der Waals surface area contributed by atoms with Gasteiger partial charge in [0, 0.05) is 37.2 Å². The lowest BCUT2D eigenvalue weighted by molar-refractivity contribution is 0.0913. The Balaban J connectivity index is 1.36. The molecule has 1 atom stereocenters. The van der Waals surface area contributed by atoms with E-state index in [0.717, 1.165) is 49.5 Å². The Hall–Kier alpha value is -3.19. The Morgan fingerprint density at radius 2 is 2.13 bits per heavy atom. The molecule has 1 aliphatic heterocycles. The Labute approximate surface area is 181 Å². The van der Waals surface area contributed by atoms with Gasteiger partial charge in [0.15, 0.2) is 0 Å². The standard InChI is InChI=1S/C24H26FN3O3/c1-30-22-10-3-2-7-19(22)16-28-11-5-8-18(15-28)21-13-23(31-27-21)24(29)26-14-17-6-4-9-20(25)12-17/h2-4,6-7,9-10,12-13,18H,5,8,11,14-16H2,1H3,(H,26,29)/t18-/m1/s1. The number of amides is 1. The summed E-state index contributed by atoms with van der Waals surface area (Å²) >= 11 is 0. The average Bonchev–Trinajstić information content (AvgIpc) is 3.29. The van der Waals surface area contributed by atoms with Crippen LogP contribution in [0.3, 0.4) is 0 Å². The fourth-order valence-corrected chi connectivity index (χ4v) is 4.02. The third-order valence-corrected chi connectivity index (χ3v) is 5.60. The van der Waals surface area contributed by atoms with E-state index in [9.17, 15) is 9.18 Å². The zero-order valence-corrected chi connectivity index (χ0v) is 17.5. The summed E-state index contributed by atoms with van der Waals surface area (Å²) < 4.78 is 24.1. The van der Waals surface area contributed by atoms with E-state index < -0.39 is 0 Å². The molecule has 31 heavy (non-hydrogen) atoms. The minimum absolute atomic E-state index is 0.174. The largest absolute Gasteiger partial charge is 0.496 e. The molecule has 1 N–H and O–H groups in total. The van der Waals surface area contributed by atoms with Gasteiger partial charge in [0.1, 0.15) is 11.6 Å². The number of para-hydroxylation sites is 1. The van der Waals surface area contributed by atoms with E-state index in [2.05, 4.69) is 21.4 Å². The number of nitrogens with one attached hydrogen (secondary N) is 1. The van der Waals surface area contributed by atoms with Gasteiger partial charge in [-0.05, 0) is 43.1 Å². The van der Waals surface area contributed by atoms with Crippen LogP contribution in [0.5, 0.6) is 5.75 Å². The second-order valence-corrected chi connectivity index (χ2v) is 7.81. The number of ether oxygens (including phenoxy) is 1. The van der Waals surface area contributed by atoms with Gasteiger partial charge in [0.25, 0.3) is 5.91 Å². The molecule has 1 amide bonds. The van der Waals surface area contributed by atoms with Gasteiger partial charge in [-0.15, -0.1) is 0 Å². The van der Waals surface area contributed by atoms with Crippen molar-refractivity contribution in [1.29, 1.82) is 0 Å². The van der Waals surface area contributed by atoms with Crippen molar-refractivity contribution in [2.24, 2.45) is 0 Å².